The molecule has 2 heterocycles. The molecule has 1 aliphatic carbocycles. The smallest absolute Gasteiger partial charge is 0.341 e. The molecule has 2 aromatic heterocycles. The highest BCUT2D eigenvalue weighted by Crippen LogP contribution is 2.38. The number of carbonyl (C=O) groups excluding carboxylic acids is 2. The third kappa shape index (κ3) is 5.22. The van der Waals surface area contributed by atoms with Crippen molar-refractivity contribution in [1.82, 2.24) is 14.8 Å². The van der Waals surface area contributed by atoms with E-state index in [0.29, 0.717) is 22.1 Å². The number of nitrogens with zero attached hydrogens (tertiary/aromatic N) is 3. The molecular weight excluding hydrogens is 460 g/mol. The van der Waals surface area contributed by atoms with Gasteiger partial charge in [-0.1, -0.05) is 23.9 Å². The highest BCUT2D eigenvalue weighted by atomic mass is 32.2. The van der Waals surface area contributed by atoms with Gasteiger partial charge in [0.2, 0.25) is 5.91 Å². The highest BCUT2D eigenvalue weighted by Gasteiger charge is 2.27. The number of aryl methyl sites for hydroxylation is 1. The number of aromatic nitrogens is 3. The predicted octanol–water partition coefficient (Wildman–Crippen LogP) is 3.87. The van der Waals surface area contributed by atoms with Crippen molar-refractivity contribution in [2.75, 3.05) is 25.3 Å². The Kier molecular flexibility index (Phi) is 7.34. The van der Waals surface area contributed by atoms with Crippen LogP contribution in [0.5, 0.6) is 5.75 Å². The number of ether oxygens (including phenoxy) is 2. The minimum Gasteiger partial charge on any atom is -0.497 e. The van der Waals surface area contributed by atoms with E-state index in [0.717, 1.165) is 48.4 Å². The maximum atomic E-state index is 12.7. The lowest BCUT2D eigenvalue weighted by molar-refractivity contribution is -0.113. The molecule has 0 aliphatic heterocycles. The van der Waals surface area contributed by atoms with E-state index in [-0.39, 0.29) is 11.7 Å². The Bertz CT molecular complexity index is 1150. The van der Waals surface area contributed by atoms with Crippen molar-refractivity contribution in [3.8, 4) is 5.75 Å². The predicted molar refractivity (Wildman–Crippen MR) is 128 cm³/mol. The van der Waals surface area contributed by atoms with E-state index in [1.807, 2.05) is 35.9 Å². The van der Waals surface area contributed by atoms with Gasteiger partial charge in [0.25, 0.3) is 0 Å². The fraction of sp³-hybridized carbons (Fsp3) is 0.391. The number of esters is 1. The quantitative estimate of drug-likeness (QED) is 0.381. The normalized spacial score (nSPS) is 12.8. The van der Waals surface area contributed by atoms with Crippen molar-refractivity contribution >= 4 is 40.0 Å². The first-order chi connectivity index (χ1) is 16.0. The first-order valence-corrected chi connectivity index (χ1v) is 12.5. The molecule has 0 radical (unpaired) electrons. The van der Waals surface area contributed by atoms with Crippen LogP contribution in [0.2, 0.25) is 0 Å². The summed E-state index contributed by atoms with van der Waals surface area (Å²) in [6.45, 7) is 0. The molecular formula is C23H26N4O4S2. The van der Waals surface area contributed by atoms with Crippen LogP contribution in [-0.4, -0.2) is 46.6 Å². The summed E-state index contributed by atoms with van der Waals surface area (Å²) in [6, 6.07) is 7.81. The average Bonchev–Trinajstić information content (AvgIpc) is 3.37. The minimum absolute atomic E-state index is 0.164. The first-order valence-electron chi connectivity index (χ1n) is 10.7. The molecule has 33 heavy (non-hydrogen) atoms. The lowest BCUT2D eigenvalue weighted by Crippen LogP contribution is -2.17. The van der Waals surface area contributed by atoms with Crippen LogP contribution in [0.1, 0.15) is 45.0 Å². The Morgan fingerprint density at radius 3 is 2.64 bits per heavy atom. The average molecular weight is 487 g/mol. The lowest BCUT2D eigenvalue weighted by atomic mass is 9.95. The van der Waals surface area contributed by atoms with Crippen LogP contribution in [-0.2, 0) is 35.8 Å². The maximum absolute atomic E-state index is 12.7. The molecule has 0 saturated carbocycles. The molecule has 0 fully saturated rings. The Morgan fingerprint density at radius 1 is 1.15 bits per heavy atom. The minimum atomic E-state index is -0.395. The van der Waals surface area contributed by atoms with Gasteiger partial charge in [-0.25, -0.2) is 4.79 Å². The van der Waals surface area contributed by atoms with Gasteiger partial charge in [0.15, 0.2) is 5.16 Å². The monoisotopic (exact) mass is 486 g/mol. The third-order valence-corrected chi connectivity index (χ3v) is 7.82. The molecule has 174 valence electrons. The fourth-order valence-corrected chi connectivity index (χ4v) is 5.84. The van der Waals surface area contributed by atoms with Crippen LogP contribution in [0.4, 0.5) is 5.00 Å². The van der Waals surface area contributed by atoms with Crippen molar-refractivity contribution in [2.24, 2.45) is 7.05 Å². The van der Waals surface area contributed by atoms with E-state index >= 15 is 0 Å². The van der Waals surface area contributed by atoms with E-state index in [1.54, 1.807) is 7.11 Å². The number of amides is 1. The second-order valence-corrected chi connectivity index (χ2v) is 9.77. The highest BCUT2D eigenvalue weighted by molar-refractivity contribution is 7.99. The summed E-state index contributed by atoms with van der Waals surface area (Å²) in [5.41, 5.74) is 2.63. The Morgan fingerprint density at radius 2 is 1.91 bits per heavy atom. The second kappa shape index (κ2) is 10.4. The van der Waals surface area contributed by atoms with Crippen molar-refractivity contribution in [1.29, 1.82) is 0 Å². The van der Waals surface area contributed by atoms with Crippen LogP contribution in [0.15, 0.2) is 29.4 Å². The molecule has 10 heteroatoms. The zero-order chi connectivity index (χ0) is 23.4. The second-order valence-electron chi connectivity index (χ2n) is 7.73. The first kappa shape index (κ1) is 23.3. The lowest BCUT2D eigenvalue weighted by Gasteiger charge is -2.11. The molecule has 1 N–H and O–H groups in total. The third-order valence-electron chi connectivity index (χ3n) is 5.59. The number of rotatable bonds is 8. The van der Waals surface area contributed by atoms with Crippen molar-refractivity contribution in [2.45, 2.75) is 37.3 Å². The molecule has 0 bridgehead atoms. The van der Waals surface area contributed by atoms with Gasteiger partial charge < -0.3 is 19.4 Å². The standard InChI is InChI=1S/C23H26N4O4S2/c1-27-18(12-14-8-10-15(30-2)11-9-14)25-26-23(27)32-13-19(28)24-21-20(22(29)31-3)16-6-4-5-7-17(16)33-21/h8-11H,4-7,12-13H2,1-3H3,(H,24,28). The summed E-state index contributed by atoms with van der Waals surface area (Å²) < 4.78 is 12.1. The summed E-state index contributed by atoms with van der Waals surface area (Å²) in [6.07, 6.45) is 4.55. The topological polar surface area (TPSA) is 95.3 Å². The molecule has 1 aromatic carbocycles. The number of carbonyl (C=O) groups is 2. The summed E-state index contributed by atoms with van der Waals surface area (Å²) in [7, 11) is 4.90. The number of methoxy groups -OCH3 is 2. The molecule has 1 amide bonds. The number of hydrogen-bond donors (Lipinski definition) is 1. The zero-order valence-corrected chi connectivity index (χ0v) is 20.5. The van der Waals surface area contributed by atoms with Crippen LogP contribution >= 0.6 is 23.1 Å². The van der Waals surface area contributed by atoms with Gasteiger partial charge in [0, 0.05) is 18.3 Å². The van der Waals surface area contributed by atoms with E-state index in [4.69, 9.17) is 9.47 Å². The van der Waals surface area contributed by atoms with Gasteiger partial charge >= 0.3 is 5.97 Å². The molecule has 0 spiro atoms. The van der Waals surface area contributed by atoms with Crippen LogP contribution in [0, 0.1) is 0 Å². The number of fused-ring (bicyclic) bond motifs is 1. The van der Waals surface area contributed by atoms with E-state index in [9.17, 15) is 9.59 Å². The van der Waals surface area contributed by atoms with E-state index in [2.05, 4.69) is 15.5 Å². The van der Waals surface area contributed by atoms with Gasteiger partial charge in [-0.3, -0.25) is 4.79 Å². The van der Waals surface area contributed by atoms with E-state index < -0.39 is 5.97 Å². The summed E-state index contributed by atoms with van der Waals surface area (Å²) >= 11 is 2.80. The summed E-state index contributed by atoms with van der Waals surface area (Å²) in [4.78, 5) is 26.2. The number of thiophene rings is 1. The van der Waals surface area contributed by atoms with Gasteiger partial charge in [-0.15, -0.1) is 21.5 Å². The van der Waals surface area contributed by atoms with Crippen LogP contribution in [0.25, 0.3) is 0 Å². The molecule has 3 aromatic rings. The molecule has 0 saturated heterocycles. The maximum Gasteiger partial charge on any atom is 0.341 e. The van der Waals surface area contributed by atoms with Crippen molar-refractivity contribution in [3.05, 3.63) is 51.7 Å². The summed E-state index contributed by atoms with van der Waals surface area (Å²) in [5, 5.41) is 12.7. The molecule has 4 rings (SSSR count). The van der Waals surface area contributed by atoms with Gasteiger partial charge in [0.1, 0.15) is 16.6 Å². The Balaban J connectivity index is 1.39. The largest absolute Gasteiger partial charge is 0.497 e. The fourth-order valence-electron chi connectivity index (χ4n) is 3.82. The zero-order valence-electron chi connectivity index (χ0n) is 18.8. The number of anilines is 1. The number of benzene rings is 1. The van der Waals surface area contributed by atoms with Gasteiger partial charge in [-0.05, 0) is 48.9 Å². The van der Waals surface area contributed by atoms with Crippen LogP contribution in [0.3, 0.4) is 0 Å². The van der Waals surface area contributed by atoms with Gasteiger partial charge in [0.05, 0.1) is 25.5 Å². The Labute approximate surface area is 200 Å². The number of nitrogens with one attached hydrogen (secondary N) is 1. The van der Waals surface area contributed by atoms with Crippen molar-refractivity contribution in [3.63, 3.8) is 0 Å². The molecule has 0 unspecified atom stereocenters. The molecule has 8 nitrogen and oxygen atoms in total. The Hall–Kier alpha value is -2.85. The van der Waals surface area contributed by atoms with Crippen LogP contribution < -0.4 is 10.1 Å². The SMILES string of the molecule is COC(=O)c1c(NC(=O)CSc2nnc(Cc3ccc(OC)cc3)n2C)sc2c1CCCC2. The van der Waals surface area contributed by atoms with E-state index in [1.165, 1.54) is 35.1 Å². The van der Waals surface area contributed by atoms with Crippen molar-refractivity contribution < 1.29 is 19.1 Å². The molecule has 0 atom stereocenters. The number of thioether (sulfide) groups is 1. The molecule has 1 aliphatic rings. The summed E-state index contributed by atoms with van der Waals surface area (Å²) in [5.74, 6) is 1.19. The number of hydrogen-bond acceptors (Lipinski definition) is 8. The van der Waals surface area contributed by atoms with Gasteiger partial charge in [-0.2, -0.15) is 0 Å².